The predicted molar refractivity (Wildman–Crippen MR) is 57.8 cm³/mol. The number of carbonyl (C=O) groups is 1. The molecule has 2 nitrogen and oxygen atoms in total. The highest BCUT2D eigenvalue weighted by Crippen LogP contribution is 2.37. The van der Waals surface area contributed by atoms with Gasteiger partial charge in [0.15, 0.2) is 10.6 Å². The van der Waals surface area contributed by atoms with Gasteiger partial charge in [-0.05, 0) is 18.2 Å². The van der Waals surface area contributed by atoms with Crippen molar-refractivity contribution < 1.29 is 22.7 Å². The number of benzene rings is 1. The molecule has 0 amide bonds. The molecule has 0 radical (unpaired) electrons. The van der Waals surface area contributed by atoms with Crippen LogP contribution >= 0.6 is 23.2 Å². The van der Waals surface area contributed by atoms with Gasteiger partial charge in [-0.3, -0.25) is 4.79 Å². The van der Waals surface area contributed by atoms with Gasteiger partial charge < -0.3 is 4.74 Å². The van der Waals surface area contributed by atoms with Crippen molar-refractivity contribution in [1.29, 1.82) is 0 Å². The number of hydrogen-bond acceptors (Lipinski definition) is 2. The quantitative estimate of drug-likeness (QED) is 0.626. The van der Waals surface area contributed by atoms with E-state index in [1.165, 1.54) is 6.07 Å². The molecular weight excluding hydrogens is 280 g/mol. The zero-order valence-corrected chi connectivity index (χ0v) is 10.0. The van der Waals surface area contributed by atoms with E-state index in [-0.39, 0.29) is 11.3 Å². The Hall–Kier alpha value is -0.940. The molecule has 0 saturated heterocycles. The van der Waals surface area contributed by atoms with E-state index in [0.29, 0.717) is 6.07 Å². The summed E-state index contributed by atoms with van der Waals surface area (Å²) >= 11 is 10.6. The Morgan fingerprint density at radius 2 is 1.94 bits per heavy atom. The van der Waals surface area contributed by atoms with Gasteiger partial charge in [0.05, 0.1) is 12.7 Å². The molecule has 1 aromatic carbocycles. The minimum atomic E-state index is -4.62. The average molecular weight is 287 g/mol. The van der Waals surface area contributed by atoms with Crippen LogP contribution in [0.15, 0.2) is 18.2 Å². The highest BCUT2D eigenvalue weighted by Gasteiger charge is 2.35. The first-order valence-corrected chi connectivity index (χ1v) is 5.22. The summed E-state index contributed by atoms with van der Waals surface area (Å²) in [5.74, 6) is -1.16. The number of rotatable bonds is 3. The molecule has 0 N–H and O–H groups in total. The minimum Gasteiger partial charge on any atom is -0.496 e. The Morgan fingerprint density at radius 1 is 1.35 bits per heavy atom. The molecular formula is C10H7Cl2F3O2. The van der Waals surface area contributed by atoms with Crippen LogP contribution in [0.4, 0.5) is 13.2 Å². The number of Topliss-reactive ketones (excluding diaryl/α,β-unsaturated/α-hetero) is 1. The summed E-state index contributed by atoms with van der Waals surface area (Å²) in [4.78, 5) is 9.95. The third kappa shape index (κ3) is 3.26. The second-order valence-electron chi connectivity index (χ2n) is 3.08. The second kappa shape index (κ2) is 5.14. The number of hydrogen-bond donors (Lipinski definition) is 0. The van der Waals surface area contributed by atoms with E-state index in [1.807, 2.05) is 0 Å². The van der Waals surface area contributed by atoms with Crippen LogP contribution in [0.1, 0.15) is 15.9 Å². The first-order chi connectivity index (χ1) is 7.77. The van der Waals surface area contributed by atoms with Crippen LogP contribution in [-0.2, 0) is 6.18 Å². The number of ketones is 1. The van der Waals surface area contributed by atoms with Crippen LogP contribution in [0.25, 0.3) is 0 Å². The Bertz CT molecular complexity index is 430. The lowest BCUT2D eigenvalue weighted by Gasteiger charge is -2.13. The predicted octanol–water partition coefficient (Wildman–Crippen LogP) is 3.70. The normalized spacial score (nSPS) is 11.7. The molecule has 0 unspecified atom stereocenters. The summed E-state index contributed by atoms with van der Waals surface area (Å²) in [6, 6.07) is 2.89. The van der Waals surface area contributed by atoms with E-state index in [9.17, 15) is 18.0 Å². The summed E-state index contributed by atoms with van der Waals surface area (Å²) < 4.78 is 42.4. The molecule has 0 heterocycles. The van der Waals surface area contributed by atoms with Gasteiger partial charge >= 0.3 is 6.18 Å². The molecule has 0 aliphatic heterocycles. The zero-order valence-electron chi connectivity index (χ0n) is 8.52. The average Bonchev–Trinajstić information content (AvgIpc) is 2.25. The van der Waals surface area contributed by atoms with Crippen molar-refractivity contribution >= 4 is 29.0 Å². The Labute approximate surface area is 105 Å². The van der Waals surface area contributed by atoms with Crippen molar-refractivity contribution in [2.24, 2.45) is 0 Å². The Morgan fingerprint density at radius 3 is 2.35 bits per heavy atom. The first kappa shape index (κ1) is 14.1. The van der Waals surface area contributed by atoms with Crippen LogP contribution in [0.3, 0.4) is 0 Å². The van der Waals surface area contributed by atoms with Gasteiger partial charge in [0, 0.05) is 5.56 Å². The SMILES string of the molecule is COc1ccc(C(=O)C(Cl)Cl)cc1C(F)(F)F. The van der Waals surface area contributed by atoms with E-state index < -0.39 is 22.4 Å². The number of alkyl halides is 5. The van der Waals surface area contributed by atoms with Crippen molar-refractivity contribution in [3.05, 3.63) is 29.3 Å². The molecule has 0 bridgehead atoms. The lowest BCUT2D eigenvalue weighted by Crippen LogP contribution is -2.12. The fourth-order valence-corrected chi connectivity index (χ4v) is 1.46. The topological polar surface area (TPSA) is 26.3 Å². The number of methoxy groups -OCH3 is 1. The number of halogens is 5. The van der Waals surface area contributed by atoms with Crippen LogP contribution in [0, 0.1) is 0 Å². The molecule has 17 heavy (non-hydrogen) atoms. The summed E-state index contributed by atoms with van der Waals surface area (Å²) in [5, 5.41) is 0. The van der Waals surface area contributed by atoms with E-state index in [2.05, 4.69) is 4.74 Å². The van der Waals surface area contributed by atoms with Crippen molar-refractivity contribution in [3.8, 4) is 5.75 Å². The third-order valence-corrected chi connectivity index (χ3v) is 2.38. The van der Waals surface area contributed by atoms with Crippen LogP contribution < -0.4 is 4.74 Å². The summed E-state index contributed by atoms with van der Waals surface area (Å²) in [7, 11) is 1.11. The van der Waals surface area contributed by atoms with Crippen molar-refractivity contribution in [2.75, 3.05) is 7.11 Å². The maximum absolute atomic E-state index is 12.6. The van der Waals surface area contributed by atoms with E-state index >= 15 is 0 Å². The molecule has 0 saturated carbocycles. The molecule has 0 aliphatic carbocycles. The molecule has 0 aromatic heterocycles. The lowest BCUT2D eigenvalue weighted by atomic mass is 10.1. The summed E-state index contributed by atoms with van der Waals surface area (Å²) in [5.41, 5.74) is -1.26. The minimum absolute atomic E-state index is 0.215. The standard InChI is InChI=1S/C10H7Cl2F3O2/c1-17-7-3-2-5(8(16)9(11)12)4-6(7)10(13,14)15/h2-4,9H,1H3. The monoisotopic (exact) mass is 286 g/mol. The van der Waals surface area contributed by atoms with Gasteiger partial charge in [0.25, 0.3) is 0 Å². The molecule has 7 heteroatoms. The fraction of sp³-hybridized carbons (Fsp3) is 0.300. The molecule has 0 spiro atoms. The van der Waals surface area contributed by atoms with Crippen molar-refractivity contribution in [1.82, 2.24) is 0 Å². The van der Waals surface area contributed by atoms with Gasteiger partial charge in [-0.2, -0.15) is 13.2 Å². The van der Waals surface area contributed by atoms with Crippen LogP contribution in [-0.4, -0.2) is 17.7 Å². The number of carbonyl (C=O) groups excluding carboxylic acids is 1. The molecule has 1 rings (SSSR count). The fourth-order valence-electron chi connectivity index (χ4n) is 1.21. The highest BCUT2D eigenvalue weighted by atomic mass is 35.5. The van der Waals surface area contributed by atoms with Gasteiger partial charge in [-0.15, -0.1) is 0 Å². The largest absolute Gasteiger partial charge is 0.496 e. The maximum Gasteiger partial charge on any atom is 0.419 e. The van der Waals surface area contributed by atoms with Gasteiger partial charge in [-0.1, -0.05) is 23.2 Å². The molecule has 94 valence electrons. The first-order valence-electron chi connectivity index (χ1n) is 4.35. The van der Waals surface area contributed by atoms with Crippen molar-refractivity contribution in [2.45, 2.75) is 11.0 Å². The second-order valence-corrected chi connectivity index (χ2v) is 4.17. The molecule has 0 atom stereocenters. The van der Waals surface area contributed by atoms with Gasteiger partial charge in [0.1, 0.15) is 5.75 Å². The van der Waals surface area contributed by atoms with E-state index in [0.717, 1.165) is 13.2 Å². The summed E-state index contributed by atoms with van der Waals surface area (Å²) in [6.07, 6.45) is -4.62. The van der Waals surface area contributed by atoms with Crippen LogP contribution in [0.5, 0.6) is 5.75 Å². The molecule has 0 aliphatic rings. The number of ether oxygens (including phenoxy) is 1. The smallest absolute Gasteiger partial charge is 0.419 e. The van der Waals surface area contributed by atoms with E-state index in [4.69, 9.17) is 23.2 Å². The Kier molecular flexibility index (Phi) is 4.27. The van der Waals surface area contributed by atoms with Crippen LogP contribution in [0.2, 0.25) is 0 Å². The summed E-state index contributed by atoms with van der Waals surface area (Å²) in [6.45, 7) is 0. The third-order valence-electron chi connectivity index (χ3n) is 1.99. The van der Waals surface area contributed by atoms with E-state index in [1.54, 1.807) is 0 Å². The lowest BCUT2D eigenvalue weighted by molar-refractivity contribution is -0.138. The maximum atomic E-state index is 12.6. The molecule has 0 fully saturated rings. The zero-order chi connectivity index (χ0) is 13.2. The van der Waals surface area contributed by atoms with Crippen molar-refractivity contribution in [3.63, 3.8) is 0 Å². The molecule has 1 aromatic rings. The Balaban J connectivity index is 3.28. The van der Waals surface area contributed by atoms with Gasteiger partial charge in [0.2, 0.25) is 0 Å². The van der Waals surface area contributed by atoms with Gasteiger partial charge in [-0.25, -0.2) is 0 Å². The highest BCUT2D eigenvalue weighted by molar-refractivity contribution is 6.55.